The predicted octanol–water partition coefficient (Wildman–Crippen LogP) is 4.28. The average molecular weight is 486 g/mol. The van der Waals surface area contributed by atoms with Gasteiger partial charge in [-0.1, -0.05) is 29.8 Å². The molecule has 0 atom stereocenters. The van der Waals surface area contributed by atoms with Crippen molar-refractivity contribution in [1.82, 2.24) is 5.43 Å². The first-order chi connectivity index (χ1) is 16.4. The number of nitrogens with two attached hydrogens (primary N) is 2. The number of carbonyl (C=O) groups is 1. The Morgan fingerprint density at radius 2 is 1.94 bits per heavy atom. The molecule has 1 amide bonds. The van der Waals surface area contributed by atoms with Gasteiger partial charge in [0, 0.05) is 22.7 Å². The summed E-state index contributed by atoms with van der Waals surface area (Å²) in [7, 11) is 0. The number of nitrogens with one attached hydrogen (secondary N) is 2. The number of fused-ring (bicyclic) bond motifs is 1. The maximum Gasteiger partial charge on any atom is 0.259 e. The lowest BCUT2D eigenvalue weighted by Gasteiger charge is -2.10. The van der Waals surface area contributed by atoms with Crippen molar-refractivity contribution in [1.29, 1.82) is 0 Å². The Morgan fingerprint density at radius 3 is 2.65 bits per heavy atom. The minimum absolute atomic E-state index is 0.0559. The first-order valence-corrected chi connectivity index (χ1v) is 10.2. The number of hydrazine groups is 1. The second-order valence-corrected chi connectivity index (χ2v) is 7.48. The fourth-order valence-electron chi connectivity index (χ4n) is 3.29. The van der Waals surface area contributed by atoms with Crippen molar-refractivity contribution in [3.8, 4) is 5.75 Å². The molecule has 0 aliphatic rings. The number of anilines is 1. The molecule has 3 aromatic carbocycles. The number of nitrogens with zero attached hydrogens (tertiary/aromatic N) is 1. The van der Waals surface area contributed by atoms with Crippen molar-refractivity contribution < 1.29 is 22.7 Å². The fraction of sp³-hybridized carbons (Fsp3) is 0.0435. The molecule has 11 heteroatoms. The van der Waals surface area contributed by atoms with Gasteiger partial charge in [-0.2, -0.15) is 5.10 Å². The highest BCUT2D eigenvalue weighted by atomic mass is 35.5. The van der Waals surface area contributed by atoms with Crippen LogP contribution in [0.15, 0.2) is 70.4 Å². The van der Waals surface area contributed by atoms with Crippen LogP contribution in [0.2, 0.25) is 5.02 Å². The molecular formula is C23H18ClF2N5O3. The Hall–Kier alpha value is -4.15. The molecule has 0 saturated heterocycles. The highest BCUT2D eigenvalue weighted by Crippen LogP contribution is 2.27. The highest BCUT2D eigenvalue weighted by Gasteiger charge is 2.18. The van der Waals surface area contributed by atoms with Crippen LogP contribution in [-0.2, 0) is 6.61 Å². The van der Waals surface area contributed by atoms with Crippen LogP contribution in [0.5, 0.6) is 5.75 Å². The summed E-state index contributed by atoms with van der Waals surface area (Å²) in [5.41, 5.74) is 4.10. The largest absolute Gasteiger partial charge is 0.486 e. The zero-order valence-electron chi connectivity index (χ0n) is 17.4. The predicted molar refractivity (Wildman–Crippen MR) is 124 cm³/mol. The number of hydrogen-bond acceptors (Lipinski definition) is 6. The Morgan fingerprint density at radius 1 is 1.12 bits per heavy atom. The minimum atomic E-state index is -0.701. The van der Waals surface area contributed by atoms with Crippen LogP contribution in [0.25, 0.3) is 11.0 Å². The van der Waals surface area contributed by atoms with Gasteiger partial charge in [-0.3, -0.25) is 4.79 Å². The van der Waals surface area contributed by atoms with Gasteiger partial charge < -0.3 is 25.7 Å². The summed E-state index contributed by atoms with van der Waals surface area (Å²) in [4.78, 5) is 12.8. The molecule has 0 aliphatic carbocycles. The first-order valence-electron chi connectivity index (χ1n) is 9.84. The standard InChI is InChI=1S/C23H18ClF2N5O3/c24-18-8-13(25)5-4-12(18)10-33-20-7-6-14(9-19(20)26)29-23(32)17-11-34-21-15(17)2-1-3-16(21)22(30-27)31-28/h1-9,11H,10,27-28H2,(H,29,32)(H,30,31). The zero-order chi connectivity index (χ0) is 24.2. The molecule has 0 fully saturated rings. The number of hydrogen-bond donors (Lipinski definition) is 4. The van der Waals surface area contributed by atoms with Gasteiger partial charge in [0.1, 0.15) is 24.3 Å². The van der Waals surface area contributed by atoms with E-state index in [9.17, 15) is 13.6 Å². The molecule has 34 heavy (non-hydrogen) atoms. The number of benzene rings is 3. The van der Waals surface area contributed by atoms with Crippen molar-refractivity contribution >= 4 is 40.0 Å². The third-order valence-electron chi connectivity index (χ3n) is 4.95. The molecule has 6 N–H and O–H groups in total. The van der Waals surface area contributed by atoms with Gasteiger partial charge in [-0.25, -0.2) is 14.6 Å². The Kier molecular flexibility index (Phi) is 6.62. The van der Waals surface area contributed by atoms with Gasteiger partial charge in [-0.05, 0) is 30.3 Å². The van der Waals surface area contributed by atoms with Gasteiger partial charge in [0.25, 0.3) is 5.91 Å². The average Bonchev–Trinajstić information content (AvgIpc) is 3.25. The van der Waals surface area contributed by atoms with E-state index in [0.29, 0.717) is 22.1 Å². The summed E-state index contributed by atoms with van der Waals surface area (Å²) in [6, 6.07) is 12.8. The van der Waals surface area contributed by atoms with Crippen molar-refractivity contribution in [2.24, 2.45) is 16.8 Å². The lowest BCUT2D eigenvalue weighted by atomic mass is 10.1. The molecule has 174 valence electrons. The number of ether oxygens (including phenoxy) is 1. The van der Waals surface area contributed by atoms with Gasteiger partial charge in [0.05, 0.1) is 16.1 Å². The first kappa shape index (κ1) is 23.0. The number of carbonyl (C=O) groups excluding carboxylic acids is 1. The minimum Gasteiger partial charge on any atom is -0.486 e. The lowest BCUT2D eigenvalue weighted by Crippen LogP contribution is -2.32. The molecule has 1 aromatic heterocycles. The van der Waals surface area contributed by atoms with Crippen LogP contribution in [0.1, 0.15) is 21.5 Å². The molecule has 0 saturated carbocycles. The van der Waals surface area contributed by atoms with E-state index in [4.69, 9.17) is 32.4 Å². The third-order valence-corrected chi connectivity index (χ3v) is 5.31. The quantitative estimate of drug-likeness (QED) is 0.140. The van der Waals surface area contributed by atoms with Crippen LogP contribution in [0.3, 0.4) is 0 Å². The number of furan rings is 1. The third kappa shape index (κ3) is 4.63. The van der Waals surface area contributed by atoms with Crippen molar-refractivity contribution in [3.63, 3.8) is 0 Å². The topological polar surface area (TPSA) is 128 Å². The second-order valence-electron chi connectivity index (χ2n) is 7.08. The second kappa shape index (κ2) is 9.77. The maximum absolute atomic E-state index is 14.6. The molecule has 4 rings (SSSR count). The van der Waals surface area contributed by atoms with Crippen LogP contribution >= 0.6 is 11.6 Å². The van der Waals surface area contributed by atoms with E-state index in [-0.39, 0.29) is 34.5 Å². The number of rotatable bonds is 6. The summed E-state index contributed by atoms with van der Waals surface area (Å²) in [6.07, 6.45) is 1.27. The number of hydrazone groups is 1. The van der Waals surface area contributed by atoms with Crippen LogP contribution in [0, 0.1) is 11.6 Å². The molecular weight excluding hydrogens is 468 g/mol. The van der Waals surface area contributed by atoms with Crippen molar-refractivity contribution in [2.45, 2.75) is 6.61 Å². The van der Waals surface area contributed by atoms with E-state index < -0.39 is 17.5 Å². The Balaban J connectivity index is 1.50. The monoisotopic (exact) mass is 485 g/mol. The lowest BCUT2D eigenvalue weighted by molar-refractivity contribution is 0.102. The smallest absolute Gasteiger partial charge is 0.259 e. The molecule has 1 heterocycles. The normalized spacial score (nSPS) is 11.5. The number of amides is 1. The molecule has 0 aliphatic heterocycles. The van der Waals surface area contributed by atoms with Crippen LogP contribution in [-0.4, -0.2) is 11.7 Å². The number of para-hydroxylation sites is 1. The van der Waals surface area contributed by atoms with Gasteiger partial charge in [0.15, 0.2) is 17.4 Å². The molecule has 4 aromatic rings. The number of halogens is 3. The SMILES string of the molecule is N/N=C(\NN)c1cccc2c(C(=O)Nc3ccc(OCc4ccc(F)cc4Cl)c(F)c3)coc12. The van der Waals surface area contributed by atoms with Gasteiger partial charge in [-0.15, -0.1) is 0 Å². The summed E-state index contributed by atoms with van der Waals surface area (Å²) in [6.45, 7) is -0.0587. The molecule has 0 unspecified atom stereocenters. The molecule has 0 bridgehead atoms. The Labute approximate surface area is 197 Å². The summed E-state index contributed by atoms with van der Waals surface area (Å²) in [5, 5.41) is 6.83. The summed E-state index contributed by atoms with van der Waals surface area (Å²) >= 11 is 5.96. The van der Waals surface area contributed by atoms with E-state index in [1.807, 2.05) is 0 Å². The molecule has 8 nitrogen and oxygen atoms in total. The highest BCUT2D eigenvalue weighted by molar-refractivity contribution is 6.31. The van der Waals surface area contributed by atoms with Crippen molar-refractivity contribution in [2.75, 3.05) is 5.32 Å². The van der Waals surface area contributed by atoms with E-state index in [1.165, 1.54) is 30.5 Å². The molecule has 0 radical (unpaired) electrons. The van der Waals surface area contributed by atoms with Gasteiger partial charge in [0.2, 0.25) is 0 Å². The summed E-state index contributed by atoms with van der Waals surface area (Å²) < 4.78 is 38.7. The summed E-state index contributed by atoms with van der Waals surface area (Å²) in [5.74, 6) is 9.16. The van der Waals surface area contributed by atoms with Crippen molar-refractivity contribution in [3.05, 3.63) is 94.2 Å². The number of amidine groups is 1. The maximum atomic E-state index is 14.6. The van der Waals surface area contributed by atoms with Crippen LogP contribution < -0.4 is 27.2 Å². The van der Waals surface area contributed by atoms with Gasteiger partial charge >= 0.3 is 0 Å². The van der Waals surface area contributed by atoms with E-state index in [0.717, 1.165) is 12.1 Å². The Bertz CT molecular complexity index is 1410. The van der Waals surface area contributed by atoms with E-state index in [1.54, 1.807) is 18.2 Å². The van der Waals surface area contributed by atoms with E-state index >= 15 is 0 Å². The molecule has 0 spiro atoms. The van der Waals surface area contributed by atoms with E-state index in [2.05, 4.69) is 15.8 Å². The van der Waals surface area contributed by atoms with Crippen LogP contribution in [0.4, 0.5) is 14.5 Å². The fourth-order valence-corrected chi connectivity index (χ4v) is 3.51. The zero-order valence-corrected chi connectivity index (χ0v) is 18.2.